The van der Waals surface area contributed by atoms with Gasteiger partial charge in [0.25, 0.3) is 0 Å². The number of fused-ring (bicyclic) bond motifs is 1. The number of nitrogens with one attached hydrogen (secondary N) is 1. The number of aromatic nitrogens is 2. The molecule has 1 saturated heterocycles. The Bertz CT molecular complexity index is 1170. The van der Waals surface area contributed by atoms with Gasteiger partial charge in [-0.1, -0.05) is 33.8 Å². The molecule has 0 saturated carbocycles. The van der Waals surface area contributed by atoms with Gasteiger partial charge in [-0.3, -0.25) is 9.59 Å². The van der Waals surface area contributed by atoms with Gasteiger partial charge in [-0.05, 0) is 67.7 Å². The molecule has 2 atom stereocenters. The SMILES string of the molecule is CCC(CC)n1c(Cc2cccs2)nc2cc(C(=O)C[C@@H](CC(C)C)C(=O)NC[C@@H]3CCCO3)ccc21. The fraction of sp³-hybridized carbons (Fsp3) is 0.567. The zero-order valence-electron chi connectivity index (χ0n) is 22.7. The second-order valence-corrected chi connectivity index (χ2v) is 11.7. The number of nitrogens with zero attached hydrogens (tertiary/aromatic N) is 2. The third-order valence-electron chi connectivity index (χ3n) is 7.39. The van der Waals surface area contributed by atoms with Crippen molar-refractivity contribution in [2.24, 2.45) is 11.8 Å². The second kappa shape index (κ2) is 12.8. The highest BCUT2D eigenvalue weighted by Crippen LogP contribution is 2.29. The van der Waals surface area contributed by atoms with Crippen LogP contribution < -0.4 is 5.32 Å². The van der Waals surface area contributed by atoms with Crippen molar-refractivity contribution in [2.45, 2.75) is 84.8 Å². The highest BCUT2D eigenvalue weighted by molar-refractivity contribution is 7.09. The summed E-state index contributed by atoms with van der Waals surface area (Å²) in [5, 5.41) is 5.14. The molecule has 6 nitrogen and oxygen atoms in total. The Morgan fingerprint density at radius 3 is 2.68 bits per heavy atom. The van der Waals surface area contributed by atoms with Crippen LogP contribution in [0, 0.1) is 11.8 Å². The van der Waals surface area contributed by atoms with Gasteiger partial charge in [0.1, 0.15) is 5.82 Å². The van der Waals surface area contributed by atoms with Crippen LogP contribution in [0.2, 0.25) is 0 Å². The van der Waals surface area contributed by atoms with Crippen LogP contribution in [0.25, 0.3) is 11.0 Å². The minimum absolute atomic E-state index is 0.00305. The number of carbonyl (C=O) groups excluding carboxylic acids is 2. The molecule has 1 N–H and O–H groups in total. The van der Waals surface area contributed by atoms with Crippen molar-refractivity contribution in [1.82, 2.24) is 14.9 Å². The molecule has 3 heterocycles. The van der Waals surface area contributed by atoms with Crippen LogP contribution in [0.4, 0.5) is 0 Å². The Morgan fingerprint density at radius 2 is 2.03 bits per heavy atom. The molecule has 0 aliphatic carbocycles. The van der Waals surface area contributed by atoms with E-state index in [1.54, 1.807) is 11.3 Å². The lowest BCUT2D eigenvalue weighted by Crippen LogP contribution is -2.37. The van der Waals surface area contributed by atoms with Crippen LogP contribution in [0.1, 0.15) is 93.3 Å². The van der Waals surface area contributed by atoms with Crippen molar-refractivity contribution in [3.8, 4) is 0 Å². The maximum Gasteiger partial charge on any atom is 0.223 e. The van der Waals surface area contributed by atoms with Gasteiger partial charge in [0.15, 0.2) is 5.78 Å². The lowest BCUT2D eigenvalue weighted by molar-refractivity contribution is -0.126. The van der Waals surface area contributed by atoms with Gasteiger partial charge in [0.05, 0.1) is 17.1 Å². The minimum atomic E-state index is -0.346. The molecule has 1 aromatic carbocycles. The summed E-state index contributed by atoms with van der Waals surface area (Å²) in [5.74, 6) is 0.971. The van der Waals surface area contributed by atoms with Crippen molar-refractivity contribution in [1.29, 1.82) is 0 Å². The van der Waals surface area contributed by atoms with E-state index in [1.165, 1.54) is 4.88 Å². The summed E-state index contributed by atoms with van der Waals surface area (Å²) in [6, 6.07) is 10.5. The number of hydrogen-bond acceptors (Lipinski definition) is 5. The van der Waals surface area contributed by atoms with Crippen LogP contribution in [0.15, 0.2) is 35.7 Å². The van der Waals surface area contributed by atoms with Gasteiger partial charge in [-0.2, -0.15) is 0 Å². The number of Topliss-reactive ketones (excluding diaryl/α,β-unsaturated/α-hetero) is 1. The van der Waals surface area contributed by atoms with E-state index in [-0.39, 0.29) is 30.1 Å². The van der Waals surface area contributed by atoms with Gasteiger partial charge in [-0.15, -0.1) is 11.3 Å². The van der Waals surface area contributed by atoms with Crippen molar-refractivity contribution >= 4 is 34.1 Å². The van der Waals surface area contributed by atoms with Crippen LogP contribution >= 0.6 is 11.3 Å². The molecule has 37 heavy (non-hydrogen) atoms. The predicted octanol–water partition coefficient (Wildman–Crippen LogP) is 6.58. The fourth-order valence-electron chi connectivity index (χ4n) is 5.43. The largest absolute Gasteiger partial charge is 0.376 e. The molecule has 0 radical (unpaired) electrons. The van der Waals surface area contributed by atoms with Crippen LogP contribution in [0.3, 0.4) is 0 Å². The van der Waals surface area contributed by atoms with E-state index in [4.69, 9.17) is 9.72 Å². The zero-order valence-corrected chi connectivity index (χ0v) is 23.5. The summed E-state index contributed by atoms with van der Waals surface area (Å²) in [7, 11) is 0. The normalized spacial score (nSPS) is 16.6. The van der Waals surface area contributed by atoms with Crippen LogP contribution in [-0.4, -0.2) is 40.5 Å². The van der Waals surface area contributed by atoms with Crippen molar-refractivity contribution in [2.75, 3.05) is 13.2 Å². The number of hydrogen-bond donors (Lipinski definition) is 1. The zero-order chi connectivity index (χ0) is 26.4. The number of imidazole rings is 1. The summed E-state index contributed by atoms with van der Waals surface area (Å²) >= 11 is 1.74. The number of amides is 1. The quantitative estimate of drug-likeness (QED) is 0.257. The molecular formula is C30H41N3O3S. The van der Waals surface area contributed by atoms with Crippen molar-refractivity contribution in [3.05, 3.63) is 52.0 Å². The fourth-order valence-corrected chi connectivity index (χ4v) is 6.14. The second-order valence-electron chi connectivity index (χ2n) is 10.7. The topological polar surface area (TPSA) is 73.2 Å². The first kappa shape index (κ1) is 27.5. The number of carbonyl (C=O) groups is 2. The van der Waals surface area contributed by atoms with Crippen LogP contribution in [0.5, 0.6) is 0 Å². The average Bonchev–Trinajstić information content (AvgIpc) is 3.65. The number of rotatable bonds is 13. The van der Waals surface area contributed by atoms with Gasteiger partial charge >= 0.3 is 0 Å². The summed E-state index contributed by atoms with van der Waals surface area (Å²) in [5.41, 5.74) is 2.56. The van der Waals surface area contributed by atoms with E-state index in [2.05, 4.69) is 55.1 Å². The molecule has 1 aliphatic heterocycles. The first-order valence-corrected chi connectivity index (χ1v) is 14.7. The molecule has 0 bridgehead atoms. The summed E-state index contributed by atoms with van der Waals surface area (Å²) in [6.07, 6.45) is 5.83. The Kier molecular flexibility index (Phi) is 9.54. The highest BCUT2D eigenvalue weighted by Gasteiger charge is 2.26. The first-order valence-electron chi connectivity index (χ1n) is 13.8. The van der Waals surface area contributed by atoms with Crippen LogP contribution in [-0.2, 0) is 16.0 Å². The Hall–Kier alpha value is -2.51. The first-order chi connectivity index (χ1) is 17.9. The van der Waals surface area contributed by atoms with E-state index in [1.807, 2.05) is 18.2 Å². The number of ketones is 1. The number of ether oxygens (including phenoxy) is 1. The number of thiophene rings is 1. The number of benzene rings is 1. The standard InChI is InChI=1S/C30H41N3O3S/c1-5-23(6-2)33-27-12-11-21(16-26(27)32-29(33)18-25-10-8-14-37-25)28(34)17-22(15-20(3)4)30(35)31-19-24-9-7-13-36-24/h8,10-12,14,16,20,22-24H,5-7,9,13,15,17-19H2,1-4H3,(H,31,35)/t22-,24+/m1/s1. The lowest BCUT2D eigenvalue weighted by atomic mass is 9.89. The molecule has 0 spiro atoms. The molecule has 1 amide bonds. The van der Waals surface area contributed by atoms with E-state index >= 15 is 0 Å². The van der Waals surface area contributed by atoms with E-state index in [9.17, 15) is 9.59 Å². The van der Waals surface area contributed by atoms with Crippen molar-refractivity contribution in [3.63, 3.8) is 0 Å². The van der Waals surface area contributed by atoms with Crippen molar-refractivity contribution < 1.29 is 14.3 Å². The molecule has 0 unspecified atom stereocenters. The average molecular weight is 524 g/mol. The Morgan fingerprint density at radius 1 is 1.22 bits per heavy atom. The Balaban J connectivity index is 1.55. The molecule has 1 fully saturated rings. The maximum atomic E-state index is 13.4. The van der Waals surface area contributed by atoms with E-state index in [0.717, 1.165) is 55.6 Å². The predicted molar refractivity (Wildman–Crippen MR) is 150 cm³/mol. The summed E-state index contributed by atoms with van der Waals surface area (Å²) < 4.78 is 8.01. The van der Waals surface area contributed by atoms with Gasteiger partial charge in [0, 0.05) is 48.4 Å². The van der Waals surface area contributed by atoms with Gasteiger partial charge < -0.3 is 14.6 Å². The smallest absolute Gasteiger partial charge is 0.223 e. The third kappa shape index (κ3) is 6.88. The molecular weight excluding hydrogens is 482 g/mol. The molecule has 7 heteroatoms. The van der Waals surface area contributed by atoms with E-state index in [0.29, 0.717) is 30.5 Å². The maximum absolute atomic E-state index is 13.4. The summed E-state index contributed by atoms with van der Waals surface area (Å²) in [4.78, 5) is 32.7. The summed E-state index contributed by atoms with van der Waals surface area (Å²) in [6.45, 7) is 9.90. The van der Waals surface area contributed by atoms with Gasteiger partial charge in [0.2, 0.25) is 5.91 Å². The van der Waals surface area contributed by atoms with E-state index < -0.39 is 0 Å². The molecule has 200 valence electrons. The lowest BCUT2D eigenvalue weighted by Gasteiger charge is -2.20. The monoisotopic (exact) mass is 523 g/mol. The Labute approximate surface area is 224 Å². The molecule has 3 aromatic rings. The van der Waals surface area contributed by atoms with Gasteiger partial charge in [-0.25, -0.2) is 4.98 Å². The molecule has 2 aromatic heterocycles. The highest BCUT2D eigenvalue weighted by atomic mass is 32.1. The molecule has 1 aliphatic rings. The molecule has 4 rings (SSSR count). The minimum Gasteiger partial charge on any atom is -0.376 e. The third-order valence-corrected chi connectivity index (χ3v) is 8.27.